The number of nitrogens with zero attached hydrogens (tertiary/aromatic N) is 2. The summed E-state index contributed by atoms with van der Waals surface area (Å²) in [5, 5.41) is 0.682. The maximum absolute atomic E-state index is 11.6. The Labute approximate surface area is 117 Å². The zero-order chi connectivity index (χ0) is 14.4. The number of esters is 1. The van der Waals surface area contributed by atoms with Gasteiger partial charge in [0.15, 0.2) is 16.6 Å². The second-order valence-electron chi connectivity index (χ2n) is 4.35. The fourth-order valence-electron chi connectivity index (χ4n) is 1.64. The molecule has 106 valence electrons. The van der Waals surface area contributed by atoms with Crippen LogP contribution < -0.4 is 4.90 Å². The third-order valence-corrected chi connectivity index (χ3v) is 4.01. The SMILES string of the molecule is CCCCCN(C)c1nc(C(=O)OC)c(C(C)=O)s1. The number of ether oxygens (including phenoxy) is 1. The highest BCUT2D eigenvalue weighted by atomic mass is 32.1. The summed E-state index contributed by atoms with van der Waals surface area (Å²) in [4.78, 5) is 29.7. The van der Waals surface area contributed by atoms with Gasteiger partial charge in [0.2, 0.25) is 0 Å². The van der Waals surface area contributed by atoms with Crippen molar-refractivity contribution in [1.82, 2.24) is 4.98 Å². The van der Waals surface area contributed by atoms with Gasteiger partial charge in [-0.25, -0.2) is 9.78 Å². The highest BCUT2D eigenvalue weighted by molar-refractivity contribution is 7.17. The van der Waals surface area contributed by atoms with Crippen molar-refractivity contribution in [1.29, 1.82) is 0 Å². The molecule has 0 atom stereocenters. The van der Waals surface area contributed by atoms with Crippen molar-refractivity contribution in [3.63, 3.8) is 0 Å². The Balaban J connectivity index is 2.91. The van der Waals surface area contributed by atoms with Gasteiger partial charge in [-0.3, -0.25) is 4.79 Å². The average molecular weight is 284 g/mol. The molecule has 19 heavy (non-hydrogen) atoms. The van der Waals surface area contributed by atoms with Crippen LogP contribution in [0.25, 0.3) is 0 Å². The summed E-state index contributed by atoms with van der Waals surface area (Å²) in [6.45, 7) is 4.44. The van der Waals surface area contributed by atoms with E-state index in [-0.39, 0.29) is 11.5 Å². The Morgan fingerprint density at radius 1 is 1.37 bits per heavy atom. The topological polar surface area (TPSA) is 59.5 Å². The summed E-state index contributed by atoms with van der Waals surface area (Å²) in [5.74, 6) is -0.722. The van der Waals surface area contributed by atoms with Crippen molar-refractivity contribution < 1.29 is 14.3 Å². The number of hydrogen-bond donors (Lipinski definition) is 0. The van der Waals surface area contributed by atoms with Crippen LogP contribution in [0, 0.1) is 0 Å². The number of unbranched alkanes of at least 4 members (excludes halogenated alkanes) is 2. The van der Waals surface area contributed by atoms with Crippen LogP contribution in [0.5, 0.6) is 0 Å². The molecule has 0 saturated carbocycles. The van der Waals surface area contributed by atoms with Crippen molar-refractivity contribution in [2.24, 2.45) is 0 Å². The molecule has 1 aromatic heterocycles. The monoisotopic (exact) mass is 284 g/mol. The Bertz CT molecular complexity index is 457. The van der Waals surface area contributed by atoms with E-state index in [0.29, 0.717) is 10.0 Å². The molecular formula is C13H20N2O3S. The van der Waals surface area contributed by atoms with Gasteiger partial charge < -0.3 is 9.64 Å². The second kappa shape index (κ2) is 7.23. The first-order valence-electron chi connectivity index (χ1n) is 6.32. The van der Waals surface area contributed by atoms with E-state index in [2.05, 4.69) is 16.6 Å². The lowest BCUT2D eigenvalue weighted by molar-refractivity contribution is 0.0591. The first-order valence-corrected chi connectivity index (χ1v) is 7.14. The van der Waals surface area contributed by atoms with E-state index in [1.54, 1.807) is 0 Å². The van der Waals surface area contributed by atoms with E-state index in [4.69, 9.17) is 0 Å². The number of Topliss-reactive ketones (excluding diaryl/α,β-unsaturated/α-hetero) is 1. The number of rotatable bonds is 7. The summed E-state index contributed by atoms with van der Waals surface area (Å²) in [6.07, 6.45) is 3.37. The molecule has 0 unspecified atom stereocenters. The Hall–Kier alpha value is -1.43. The molecule has 0 radical (unpaired) electrons. The fraction of sp³-hybridized carbons (Fsp3) is 0.615. The largest absolute Gasteiger partial charge is 0.464 e. The molecule has 0 amide bonds. The minimum Gasteiger partial charge on any atom is -0.464 e. The molecule has 0 aromatic carbocycles. The summed E-state index contributed by atoms with van der Waals surface area (Å²) in [5.41, 5.74) is 0.123. The van der Waals surface area contributed by atoms with E-state index < -0.39 is 5.97 Å². The van der Waals surface area contributed by atoms with Gasteiger partial charge in [-0.1, -0.05) is 31.1 Å². The van der Waals surface area contributed by atoms with Crippen molar-refractivity contribution in [3.8, 4) is 0 Å². The first kappa shape index (κ1) is 15.6. The van der Waals surface area contributed by atoms with Crippen LogP contribution in [-0.4, -0.2) is 37.4 Å². The molecule has 5 nitrogen and oxygen atoms in total. The normalized spacial score (nSPS) is 10.3. The molecule has 0 fully saturated rings. The molecule has 1 rings (SSSR count). The fourth-order valence-corrected chi connectivity index (χ4v) is 2.58. The van der Waals surface area contributed by atoms with Gasteiger partial charge in [-0.05, 0) is 6.42 Å². The van der Waals surface area contributed by atoms with Crippen molar-refractivity contribution >= 4 is 28.2 Å². The minimum atomic E-state index is -0.561. The predicted octanol–water partition coefficient (Wildman–Crippen LogP) is 2.76. The van der Waals surface area contributed by atoms with Crippen LogP contribution in [0.3, 0.4) is 0 Å². The molecule has 1 heterocycles. The van der Waals surface area contributed by atoms with Gasteiger partial charge in [0.1, 0.15) is 4.88 Å². The number of methoxy groups -OCH3 is 1. The van der Waals surface area contributed by atoms with Crippen LogP contribution in [-0.2, 0) is 4.74 Å². The lowest BCUT2D eigenvalue weighted by atomic mass is 10.2. The molecule has 0 aliphatic carbocycles. The van der Waals surface area contributed by atoms with E-state index >= 15 is 0 Å². The third-order valence-electron chi connectivity index (χ3n) is 2.74. The summed E-state index contributed by atoms with van der Waals surface area (Å²) < 4.78 is 4.65. The molecule has 0 spiro atoms. The Morgan fingerprint density at radius 2 is 2.05 bits per heavy atom. The van der Waals surface area contributed by atoms with E-state index in [1.807, 2.05) is 11.9 Å². The first-order chi connectivity index (χ1) is 9.01. The molecule has 0 aliphatic heterocycles. The lowest BCUT2D eigenvalue weighted by Crippen LogP contribution is -2.18. The molecule has 0 saturated heterocycles. The molecular weight excluding hydrogens is 264 g/mol. The van der Waals surface area contributed by atoms with Gasteiger partial charge in [0.05, 0.1) is 7.11 Å². The summed E-state index contributed by atoms with van der Waals surface area (Å²) >= 11 is 1.24. The van der Waals surface area contributed by atoms with Gasteiger partial charge in [0, 0.05) is 20.5 Å². The Morgan fingerprint density at radius 3 is 2.58 bits per heavy atom. The van der Waals surface area contributed by atoms with Crippen molar-refractivity contribution in [2.45, 2.75) is 33.1 Å². The summed E-state index contributed by atoms with van der Waals surface area (Å²) in [7, 11) is 3.20. The molecule has 0 aliphatic rings. The zero-order valence-corrected chi connectivity index (χ0v) is 12.7. The molecule has 0 N–H and O–H groups in total. The van der Waals surface area contributed by atoms with Gasteiger partial charge >= 0.3 is 5.97 Å². The van der Waals surface area contributed by atoms with E-state index in [0.717, 1.165) is 25.8 Å². The van der Waals surface area contributed by atoms with Crippen molar-refractivity contribution in [3.05, 3.63) is 10.6 Å². The number of thiazole rings is 1. The van der Waals surface area contributed by atoms with Gasteiger partial charge in [-0.15, -0.1) is 0 Å². The average Bonchev–Trinajstić information content (AvgIpc) is 2.83. The third kappa shape index (κ3) is 4.02. The van der Waals surface area contributed by atoms with Gasteiger partial charge in [0.25, 0.3) is 0 Å². The molecule has 0 bridgehead atoms. The number of anilines is 1. The van der Waals surface area contributed by atoms with E-state index in [9.17, 15) is 9.59 Å². The quantitative estimate of drug-likeness (QED) is 0.438. The standard InChI is InChI=1S/C13H20N2O3S/c1-5-6-7-8-15(3)13-14-10(12(17)18-4)11(19-13)9(2)16/h5-8H2,1-4H3. The van der Waals surface area contributed by atoms with Crippen LogP contribution >= 0.6 is 11.3 Å². The van der Waals surface area contributed by atoms with Crippen LogP contribution in [0.15, 0.2) is 0 Å². The predicted molar refractivity (Wildman–Crippen MR) is 76.3 cm³/mol. The summed E-state index contributed by atoms with van der Waals surface area (Å²) in [6, 6.07) is 0. The van der Waals surface area contributed by atoms with E-state index in [1.165, 1.54) is 25.4 Å². The number of aromatic nitrogens is 1. The van der Waals surface area contributed by atoms with Crippen molar-refractivity contribution in [2.75, 3.05) is 25.6 Å². The van der Waals surface area contributed by atoms with Crippen LogP contribution in [0.4, 0.5) is 5.13 Å². The maximum Gasteiger partial charge on any atom is 0.358 e. The maximum atomic E-state index is 11.6. The lowest BCUT2D eigenvalue weighted by Gasteiger charge is -2.14. The highest BCUT2D eigenvalue weighted by Gasteiger charge is 2.22. The molecule has 6 heteroatoms. The smallest absolute Gasteiger partial charge is 0.358 e. The zero-order valence-electron chi connectivity index (χ0n) is 11.9. The molecule has 1 aromatic rings. The second-order valence-corrected chi connectivity index (χ2v) is 5.33. The van der Waals surface area contributed by atoms with Crippen LogP contribution in [0.1, 0.15) is 53.3 Å². The number of ketones is 1. The van der Waals surface area contributed by atoms with Crippen LogP contribution in [0.2, 0.25) is 0 Å². The minimum absolute atomic E-state index is 0.123. The Kier molecular flexibility index (Phi) is 5.95. The number of hydrogen-bond acceptors (Lipinski definition) is 6. The van der Waals surface area contributed by atoms with Gasteiger partial charge in [-0.2, -0.15) is 0 Å². The number of carbonyl (C=O) groups excluding carboxylic acids is 2. The highest BCUT2D eigenvalue weighted by Crippen LogP contribution is 2.27. The number of carbonyl (C=O) groups is 2.